The van der Waals surface area contributed by atoms with E-state index < -0.39 is 39.8 Å². The molecule has 0 fully saturated rings. The minimum atomic E-state index is -3.73. The van der Waals surface area contributed by atoms with Crippen LogP contribution < -0.4 is 15.0 Å². The van der Waals surface area contributed by atoms with Crippen molar-refractivity contribution in [3.05, 3.63) is 78.4 Å². The van der Waals surface area contributed by atoms with Crippen LogP contribution in [0.15, 0.2) is 82.6 Å². The number of para-hydroxylation sites is 1. The Hall–Kier alpha value is -3.50. The number of carboxylic acids is 1. The van der Waals surface area contributed by atoms with Crippen LogP contribution in [0.4, 0.5) is 11.4 Å². The molecule has 0 saturated heterocycles. The fourth-order valence-corrected chi connectivity index (χ4v) is 8.15. The molecule has 2 atom stereocenters. The maximum atomic E-state index is 14.0. The van der Waals surface area contributed by atoms with Crippen molar-refractivity contribution in [3.8, 4) is 5.75 Å². The normalized spacial score (nSPS) is 18.4. The summed E-state index contributed by atoms with van der Waals surface area (Å²) in [7, 11) is -3.73. The highest BCUT2D eigenvalue weighted by atomic mass is 32.2. The van der Waals surface area contributed by atoms with Gasteiger partial charge in [0.1, 0.15) is 5.75 Å². The number of benzene rings is 3. The molecule has 1 aliphatic heterocycles. The lowest BCUT2D eigenvalue weighted by Crippen LogP contribution is -2.37. The maximum absolute atomic E-state index is 14.0. The molecule has 2 N–H and O–H groups in total. The van der Waals surface area contributed by atoms with Gasteiger partial charge in [0.2, 0.25) is 0 Å². The van der Waals surface area contributed by atoms with Crippen molar-refractivity contribution in [2.24, 2.45) is 5.41 Å². The van der Waals surface area contributed by atoms with Crippen molar-refractivity contribution in [1.29, 1.82) is 0 Å². The number of nitrogens with one attached hydrogen (secondary N) is 1. The molecule has 224 valence electrons. The summed E-state index contributed by atoms with van der Waals surface area (Å²) in [5, 5.41) is 12.2. The average Bonchev–Trinajstić information content (AvgIpc) is 3.09. The number of anilines is 2. The largest absolute Gasteiger partial charge is 0.483 e. The number of unbranched alkanes of at least 4 members (excludes halogenated alkanes) is 1. The number of fused-ring (bicyclic) bond motifs is 1. The fourth-order valence-electron chi connectivity index (χ4n) is 5.42. The Bertz CT molecular complexity index is 1500. The van der Waals surface area contributed by atoms with E-state index in [0.717, 1.165) is 24.9 Å². The van der Waals surface area contributed by atoms with Gasteiger partial charge in [-0.1, -0.05) is 75.2 Å². The van der Waals surface area contributed by atoms with Gasteiger partial charge in [-0.15, -0.1) is 11.8 Å². The van der Waals surface area contributed by atoms with Gasteiger partial charge < -0.3 is 20.1 Å². The molecule has 0 aliphatic carbocycles. The molecule has 1 amide bonds. The predicted octanol–water partition coefficient (Wildman–Crippen LogP) is 6.24. The van der Waals surface area contributed by atoms with Crippen LogP contribution in [-0.4, -0.2) is 50.6 Å². The van der Waals surface area contributed by atoms with Crippen LogP contribution >= 0.6 is 11.8 Å². The topological polar surface area (TPSA) is 113 Å². The summed E-state index contributed by atoms with van der Waals surface area (Å²) < 4.78 is 34.0. The third-order valence-corrected chi connectivity index (χ3v) is 10.5. The Balaban J connectivity index is 1.70. The maximum Gasteiger partial charge on any atom is 0.330 e. The van der Waals surface area contributed by atoms with E-state index >= 15 is 0 Å². The molecule has 3 aromatic carbocycles. The van der Waals surface area contributed by atoms with Crippen molar-refractivity contribution >= 4 is 44.9 Å². The van der Waals surface area contributed by atoms with Gasteiger partial charge in [-0.25, -0.2) is 13.2 Å². The van der Waals surface area contributed by atoms with Gasteiger partial charge >= 0.3 is 5.97 Å². The first kappa shape index (κ1) is 31.4. The second-order valence-electron chi connectivity index (χ2n) is 10.6. The number of thioether (sulfide) groups is 1. The monoisotopic (exact) mass is 610 g/mol. The summed E-state index contributed by atoms with van der Waals surface area (Å²) in [6, 6.07) is 20.3. The Morgan fingerprint density at radius 1 is 1.07 bits per heavy atom. The van der Waals surface area contributed by atoms with Crippen LogP contribution in [0, 0.1) is 5.41 Å². The molecule has 0 radical (unpaired) electrons. The lowest BCUT2D eigenvalue weighted by molar-refractivity contribution is -0.142. The smallest absolute Gasteiger partial charge is 0.330 e. The highest BCUT2D eigenvalue weighted by molar-refractivity contribution is 7.98. The number of ether oxygens (including phenoxy) is 1. The Morgan fingerprint density at radius 3 is 2.33 bits per heavy atom. The number of amides is 1. The summed E-state index contributed by atoms with van der Waals surface area (Å²) in [6.45, 7) is 4.26. The molecule has 10 heteroatoms. The van der Waals surface area contributed by atoms with Crippen LogP contribution in [0.2, 0.25) is 0 Å². The quantitative estimate of drug-likeness (QED) is 0.232. The van der Waals surface area contributed by atoms with Crippen molar-refractivity contribution < 1.29 is 27.9 Å². The lowest BCUT2D eigenvalue weighted by Gasteiger charge is -2.36. The lowest BCUT2D eigenvalue weighted by atomic mass is 9.81. The van der Waals surface area contributed by atoms with Crippen LogP contribution in [0.1, 0.15) is 51.1 Å². The predicted molar refractivity (Wildman–Crippen MR) is 166 cm³/mol. The summed E-state index contributed by atoms with van der Waals surface area (Å²) in [5.74, 6) is -1.55. The van der Waals surface area contributed by atoms with E-state index in [2.05, 4.69) is 24.1 Å². The molecular weight excluding hydrogens is 572 g/mol. The second kappa shape index (κ2) is 13.6. The van der Waals surface area contributed by atoms with E-state index in [9.17, 15) is 23.1 Å². The second-order valence-corrected chi connectivity index (χ2v) is 13.5. The van der Waals surface area contributed by atoms with Crippen LogP contribution in [0.5, 0.6) is 5.75 Å². The summed E-state index contributed by atoms with van der Waals surface area (Å²) >= 11 is 1.39. The zero-order valence-electron chi connectivity index (χ0n) is 24.2. The van der Waals surface area contributed by atoms with Crippen molar-refractivity contribution in [1.82, 2.24) is 5.32 Å². The molecule has 1 aliphatic rings. The highest BCUT2D eigenvalue weighted by Crippen LogP contribution is 2.47. The minimum Gasteiger partial charge on any atom is -0.483 e. The van der Waals surface area contributed by atoms with E-state index in [0.29, 0.717) is 29.1 Å². The fraction of sp³-hybridized carbons (Fsp3) is 0.375. The standard InChI is InChI=1S/C32H38N2O6S2/c1-4-6-17-32(5-2)21-34(24-15-11-8-12-16-24)25-18-27(41-3)26(19-28(25)42(38,39)22-32)40-20-29(35)33-30(31(36)37)23-13-9-7-10-14-23/h7-16,18-19,30H,4-6,17,20-22H2,1-3H3,(H,33,35)(H,36,37). The van der Waals surface area contributed by atoms with Crippen molar-refractivity contribution in [2.75, 3.05) is 30.1 Å². The number of hydrogen-bond acceptors (Lipinski definition) is 7. The van der Waals surface area contributed by atoms with Crippen LogP contribution in [-0.2, 0) is 19.4 Å². The molecular formula is C32H38N2O6S2. The molecule has 0 bridgehead atoms. The van der Waals surface area contributed by atoms with Gasteiger partial charge in [0.15, 0.2) is 22.5 Å². The summed E-state index contributed by atoms with van der Waals surface area (Å²) in [4.78, 5) is 27.6. The zero-order valence-corrected chi connectivity index (χ0v) is 25.8. The number of aliphatic carboxylic acids is 1. The van der Waals surface area contributed by atoms with Crippen molar-refractivity contribution in [2.45, 2.75) is 55.4 Å². The van der Waals surface area contributed by atoms with E-state index in [1.807, 2.05) is 42.7 Å². The molecule has 8 nitrogen and oxygen atoms in total. The van der Waals surface area contributed by atoms with E-state index in [-0.39, 0.29) is 16.4 Å². The number of rotatable bonds is 12. The summed E-state index contributed by atoms with van der Waals surface area (Å²) in [6.07, 6.45) is 5.28. The first-order valence-electron chi connectivity index (χ1n) is 14.1. The van der Waals surface area contributed by atoms with Gasteiger partial charge in [0.25, 0.3) is 5.91 Å². The number of carbonyl (C=O) groups excluding carboxylic acids is 1. The average molecular weight is 611 g/mol. The van der Waals surface area contributed by atoms with Gasteiger partial charge in [0, 0.05) is 23.7 Å². The zero-order chi connectivity index (χ0) is 30.3. The SMILES string of the molecule is CCCCC1(CC)CN(c2ccccc2)c2cc(SC)c(OCC(=O)NC(C(=O)O)c3ccccc3)cc2S(=O)(=O)C1. The van der Waals surface area contributed by atoms with Crippen LogP contribution in [0.3, 0.4) is 0 Å². The number of nitrogens with zero attached hydrogens (tertiary/aromatic N) is 1. The van der Waals surface area contributed by atoms with Gasteiger partial charge in [-0.05, 0) is 42.9 Å². The Kier molecular flexibility index (Phi) is 10.2. The first-order valence-corrected chi connectivity index (χ1v) is 17.0. The number of hydrogen-bond donors (Lipinski definition) is 2. The van der Waals surface area contributed by atoms with E-state index in [1.54, 1.807) is 30.3 Å². The molecule has 4 rings (SSSR count). The number of sulfone groups is 1. The van der Waals surface area contributed by atoms with E-state index in [4.69, 9.17) is 4.74 Å². The summed E-state index contributed by atoms with van der Waals surface area (Å²) in [5.41, 5.74) is 1.49. The van der Waals surface area contributed by atoms with Gasteiger partial charge in [-0.2, -0.15) is 0 Å². The molecule has 2 unspecified atom stereocenters. The first-order chi connectivity index (χ1) is 20.1. The third-order valence-electron chi connectivity index (χ3n) is 7.78. The number of carboxylic acid groups (broad SMARTS) is 1. The minimum absolute atomic E-state index is 0.0166. The Morgan fingerprint density at radius 2 is 1.74 bits per heavy atom. The number of carbonyl (C=O) groups is 2. The molecule has 0 spiro atoms. The molecule has 42 heavy (non-hydrogen) atoms. The molecule has 0 aromatic heterocycles. The molecule has 3 aromatic rings. The third kappa shape index (κ3) is 7.10. The molecule has 1 heterocycles. The van der Waals surface area contributed by atoms with E-state index in [1.165, 1.54) is 17.8 Å². The Labute approximate surface area is 252 Å². The van der Waals surface area contributed by atoms with Crippen molar-refractivity contribution in [3.63, 3.8) is 0 Å². The van der Waals surface area contributed by atoms with Crippen LogP contribution in [0.25, 0.3) is 0 Å². The highest BCUT2D eigenvalue weighted by Gasteiger charge is 2.42. The molecule has 0 saturated carbocycles. The van der Waals surface area contributed by atoms with Gasteiger partial charge in [-0.3, -0.25) is 4.79 Å². The van der Waals surface area contributed by atoms with Gasteiger partial charge in [0.05, 0.1) is 21.2 Å².